The fraction of sp³-hybridized carbons (Fsp3) is 0.118. The Hall–Kier alpha value is -2.20. The van der Waals surface area contributed by atoms with Gasteiger partial charge in [-0.15, -0.1) is 0 Å². The Morgan fingerprint density at radius 2 is 1.80 bits per heavy atom. The first-order valence-electron chi connectivity index (χ1n) is 7.08. The third-order valence-electron chi connectivity index (χ3n) is 3.29. The van der Waals surface area contributed by atoms with Crippen LogP contribution in [-0.4, -0.2) is 32.5 Å². The van der Waals surface area contributed by atoms with Crippen LogP contribution in [-0.2, 0) is 6.54 Å². The smallest absolute Gasteiger partial charge is 0.200 e. The van der Waals surface area contributed by atoms with Crippen molar-refractivity contribution in [3.63, 3.8) is 0 Å². The Bertz CT molecular complexity index is 815. The van der Waals surface area contributed by atoms with Gasteiger partial charge in [0.1, 0.15) is 0 Å². The molecule has 0 saturated carbocycles. The molecule has 0 amide bonds. The molecule has 0 unspecified atom stereocenters. The van der Waals surface area contributed by atoms with Gasteiger partial charge in [-0.25, -0.2) is 0 Å². The molecule has 2 aromatic carbocycles. The zero-order valence-electron chi connectivity index (χ0n) is 13.2. The van der Waals surface area contributed by atoms with E-state index in [0.29, 0.717) is 26.2 Å². The zero-order chi connectivity index (χ0) is 18.6. The van der Waals surface area contributed by atoms with E-state index in [2.05, 4.69) is 5.32 Å². The second kappa shape index (κ2) is 8.26. The lowest BCUT2D eigenvalue weighted by atomic mass is 10.1. The molecule has 0 bridgehead atoms. The van der Waals surface area contributed by atoms with Crippen LogP contribution in [0.4, 0.5) is 0 Å². The minimum absolute atomic E-state index is 0.153. The molecule has 0 atom stereocenters. The molecule has 8 heteroatoms. The van der Waals surface area contributed by atoms with Gasteiger partial charge in [-0.2, -0.15) is 0 Å². The van der Waals surface area contributed by atoms with Gasteiger partial charge in [0, 0.05) is 6.54 Å². The predicted octanol–water partition coefficient (Wildman–Crippen LogP) is 3.25. The van der Waals surface area contributed by atoms with Crippen LogP contribution in [0, 0.1) is 3.57 Å². The number of phenols is 4. The second-order valence-electron chi connectivity index (χ2n) is 5.09. The lowest BCUT2D eigenvalue weighted by molar-refractivity contribution is 0.350. The molecule has 5 N–H and O–H groups in total. The predicted molar refractivity (Wildman–Crippen MR) is 107 cm³/mol. The number of halogens is 1. The Morgan fingerprint density at radius 1 is 1.12 bits per heavy atom. The maximum Gasteiger partial charge on any atom is 0.200 e. The largest absolute Gasteiger partial charge is 0.504 e. The molecular formula is C17H16INO5S. The van der Waals surface area contributed by atoms with Crippen molar-refractivity contribution >= 4 is 45.9 Å². The van der Waals surface area contributed by atoms with Gasteiger partial charge in [0.2, 0.25) is 5.75 Å². The molecule has 132 valence electrons. The van der Waals surface area contributed by atoms with Crippen LogP contribution in [0.3, 0.4) is 0 Å². The van der Waals surface area contributed by atoms with E-state index in [4.69, 9.17) is 17.0 Å². The number of hydrogen-bond donors (Lipinski definition) is 5. The molecule has 0 fully saturated rings. The van der Waals surface area contributed by atoms with Crippen LogP contribution in [0.25, 0.3) is 6.08 Å². The van der Waals surface area contributed by atoms with E-state index < -0.39 is 0 Å². The highest BCUT2D eigenvalue weighted by Gasteiger charge is 2.09. The average molecular weight is 473 g/mol. The molecule has 25 heavy (non-hydrogen) atoms. The normalized spacial score (nSPS) is 10.8. The van der Waals surface area contributed by atoms with E-state index in [1.165, 1.54) is 19.2 Å². The zero-order valence-corrected chi connectivity index (χ0v) is 16.1. The summed E-state index contributed by atoms with van der Waals surface area (Å²) in [6, 6.07) is 6.14. The molecule has 0 aliphatic heterocycles. The fourth-order valence-electron chi connectivity index (χ4n) is 2.03. The number of phenolic OH excluding ortho intramolecular Hbond substituents is 4. The molecule has 2 aromatic rings. The molecule has 0 aromatic heterocycles. The van der Waals surface area contributed by atoms with Gasteiger partial charge >= 0.3 is 0 Å². The van der Waals surface area contributed by atoms with Crippen molar-refractivity contribution in [2.45, 2.75) is 6.54 Å². The Kier molecular flexibility index (Phi) is 6.32. The summed E-state index contributed by atoms with van der Waals surface area (Å²) in [5.41, 5.74) is 1.37. The van der Waals surface area contributed by atoms with Crippen molar-refractivity contribution < 1.29 is 25.2 Å². The van der Waals surface area contributed by atoms with Crippen molar-refractivity contribution in [3.05, 3.63) is 45.0 Å². The number of ether oxygens (including phenoxy) is 1. The van der Waals surface area contributed by atoms with Gasteiger partial charge in [-0.1, -0.05) is 18.3 Å². The van der Waals surface area contributed by atoms with Gasteiger partial charge in [-0.05, 0) is 64.1 Å². The summed E-state index contributed by atoms with van der Waals surface area (Å²) in [7, 11) is 1.40. The second-order valence-corrected chi connectivity index (χ2v) is 6.69. The van der Waals surface area contributed by atoms with Gasteiger partial charge in [0.15, 0.2) is 23.0 Å². The molecular weight excluding hydrogens is 457 g/mol. The average Bonchev–Trinajstić information content (AvgIpc) is 2.58. The Balaban J connectivity index is 2.03. The highest BCUT2D eigenvalue weighted by molar-refractivity contribution is 14.1. The molecule has 0 aliphatic rings. The van der Waals surface area contributed by atoms with E-state index in [1.54, 1.807) is 24.3 Å². The van der Waals surface area contributed by atoms with Gasteiger partial charge in [0.25, 0.3) is 0 Å². The first kappa shape index (κ1) is 19.1. The van der Waals surface area contributed by atoms with E-state index >= 15 is 0 Å². The van der Waals surface area contributed by atoms with Crippen molar-refractivity contribution in [1.29, 1.82) is 0 Å². The van der Waals surface area contributed by atoms with Crippen molar-refractivity contribution in [2.75, 3.05) is 7.11 Å². The number of nitrogens with one attached hydrogen (secondary N) is 1. The lowest BCUT2D eigenvalue weighted by Gasteiger charge is -2.10. The van der Waals surface area contributed by atoms with Crippen LogP contribution >= 0.6 is 34.8 Å². The first-order chi connectivity index (χ1) is 11.8. The number of benzene rings is 2. The number of aromatic hydroxyl groups is 4. The monoisotopic (exact) mass is 473 g/mol. The number of thiocarbonyl (C=S) groups is 1. The minimum atomic E-state index is -0.310. The summed E-state index contributed by atoms with van der Waals surface area (Å²) in [6.07, 6.45) is 3.35. The Morgan fingerprint density at radius 3 is 2.44 bits per heavy atom. The van der Waals surface area contributed by atoms with Crippen LogP contribution in [0.15, 0.2) is 30.3 Å². The topological polar surface area (TPSA) is 102 Å². The van der Waals surface area contributed by atoms with Crippen molar-refractivity contribution in [2.24, 2.45) is 0 Å². The van der Waals surface area contributed by atoms with Crippen molar-refractivity contribution in [1.82, 2.24) is 5.32 Å². The fourth-order valence-corrected chi connectivity index (χ4v) is 2.80. The summed E-state index contributed by atoms with van der Waals surface area (Å²) in [5, 5.41) is 41.4. The first-order valence-corrected chi connectivity index (χ1v) is 8.56. The third kappa shape index (κ3) is 4.89. The van der Waals surface area contributed by atoms with Gasteiger partial charge in [0.05, 0.1) is 15.7 Å². The summed E-state index contributed by atoms with van der Waals surface area (Å²) in [4.78, 5) is 0.439. The number of methoxy groups -OCH3 is 1. The lowest BCUT2D eigenvalue weighted by Crippen LogP contribution is -2.18. The molecule has 0 aliphatic carbocycles. The molecule has 6 nitrogen and oxygen atoms in total. The highest BCUT2D eigenvalue weighted by Crippen LogP contribution is 2.36. The SMILES string of the molecule is COc1cc(CNC(=S)/C=C/c2cc(O)c(O)c(I)c2)cc(O)c1O. The molecule has 0 heterocycles. The van der Waals surface area contributed by atoms with Crippen LogP contribution in [0.2, 0.25) is 0 Å². The van der Waals surface area contributed by atoms with Gasteiger partial charge < -0.3 is 30.5 Å². The molecule has 0 saturated heterocycles. The number of rotatable bonds is 5. The van der Waals surface area contributed by atoms with E-state index in [-0.39, 0.29) is 28.7 Å². The third-order valence-corrected chi connectivity index (χ3v) is 4.40. The highest BCUT2D eigenvalue weighted by atomic mass is 127. The van der Waals surface area contributed by atoms with Crippen LogP contribution in [0.5, 0.6) is 28.7 Å². The summed E-state index contributed by atoms with van der Waals surface area (Å²) in [6.45, 7) is 0.325. The Labute approximate surface area is 163 Å². The molecule has 0 radical (unpaired) electrons. The number of hydrogen-bond acceptors (Lipinski definition) is 6. The summed E-state index contributed by atoms with van der Waals surface area (Å²) in [5.74, 6) is -0.758. The van der Waals surface area contributed by atoms with Gasteiger partial charge in [-0.3, -0.25) is 0 Å². The van der Waals surface area contributed by atoms with Crippen molar-refractivity contribution in [3.8, 4) is 28.7 Å². The van der Waals surface area contributed by atoms with E-state index in [9.17, 15) is 20.4 Å². The maximum atomic E-state index is 9.65. The quantitative estimate of drug-likeness (QED) is 0.197. The summed E-state index contributed by atoms with van der Waals surface area (Å²) < 4.78 is 5.51. The molecule has 0 spiro atoms. The van der Waals surface area contributed by atoms with Crippen LogP contribution in [0.1, 0.15) is 11.1 Å². The standard InChI is InChI=1S/C17H16INO5S/c1-24-14-7-10(6-13(21)17(14)23)8-19-15(25)3-2-9-4-11(18)16(22)12(20)5-9/h2-7,20-23H,8H2,1H3,(H,19,25)/b3-2+. The maximum absolute atomic E-state index is 9.65. The van der Waals surface area contributed by atoms with Crippen LogP contribution < -0.4 is 10.1 Å². The summed E-state index contributed by atoms with van der Waals surface area (Å²) >= 11 is 7.13. The van der Waals surface area contributed by atoms with E-state index in [1.807, 2.05) is 22.6 Å². The van der Waals surface area contributed by atoms with E-state index in [0.717, 1.165) is 0 Å². The molecule has 2 rings (SSSR count). The minimum Gasteiger partial charge on any atom is -0.504 e.